The number of carbonyl (C=O) groups excluding carboxylic acids is 1. The molecule has 0 amide bonds. The van der Waals surface area contributed by atoms with E-state index >= 15 is 0 Å². The van der Waals surface area contributed by atoms with Gasteiger partial charge in [0.05, 0.1) is 6.07 Å². The van der Waals surface area contributed by atoms with Gasteiger partial charge in [-0.2, -0.15) is 84.3 Å². The Morgan fingerprint density at radius 2 is 0.628 bits per heavy atom. The van der Waals surface area contributed by atoms with Crippen molar-refractivity contribution in [3.05, 3.63) is 89.5 Å². The summed E-state index contributed by atoms with van der Waals surface area (Å²) in [5.41, 5.74) is -12.3. The average Bonchev–Trinajstić information content (AvgIpc) is 3.29. The number of hydrogen-bond donors (Lipinski definition) is 6. The maximum absolute atomic E-state index is 12.7. The van der Waals surface area contributed by atoms with Crippen LogP contribution >= 0.6 is 0 Å². The van der Waals surface area contributed by atoms with E-state index in [4.69, 9.17) is 21.4 Å². The highest BCUT2D eigenvalue weighted by Gasteiger charge is 2.73. The van der Waals surface area contributed by atoms with Gasteiger partial charge in [0.1, 0.15) is 11.3 Å². The molecule has 9 nitrogen and oxygen atoms in total. The lowest BCUT2D eigenvalue weighted by atomic mass is 9.92. The Hall–Kier alpha value is -5.45. The maximum Gasteiger partial charge on any atom is 0.430 e. The number of nitrogens with zero attached hydrogens (tertiary/aromatic N) is 2. The predicted molar refractivity (Wildman–Crippen MR) is 269 cm³/mol. The molecule has 0 atom stereocenters. The number of hydrogen-bond acceptors (Lipinski definition) is 9. The van der Waals surface area contributed by atoms with E-state index in [1.165, 1.54) is 27.7 Å². The maximum atomic E-state index is 12.7. The van der Waals surface area contributed by atoms with Crippen LogP contribution in [0.25, 0.3) is 0 Å². The fourth-order valence-corrected chi connectivity index (χ4v) is 4.60. The molecular weight excluding hydrogens is 1100 g/mol. The molecule has 0 radical (unpaired) electrons. The van der Waals surface area contributed by atoms with Gasteiger partial charge in [-0.3, -0.25) is 0 Å². The number of nitriles is 2. The molecule has 78 heavy (non-hydrogen) atoms. The van der Waals surface area contributed by atoms with E-state index in [0.29, 0.717) is 42.1 Å². The fourth-order valence-electron chi connectivity index (χ4n) is 4.60. The summed E-state index contributed by atoms with van der Waals surface area (Å²) in [5, 5.41) is 49.9. The third-order valence-corrected chi connectivity index (χ3v) is 8.66. The molecule has 7 N–H and O–H groups in total. The molecule has 0 bridgehead atoms. The third kappa shape index (κ3) is 26.9. The number of rotatable bonds is 6. The minimum atomic E-state index is -5.92. The van der Waals surface area contributed by atoms with Crippen LogP contribution < -0.4 is 16.4 Å². The smallest absolute Gasteiger partial charge is 0.399 e. The van der Waals surface area contributed by atoms with Crippen LogP contribution in [0.5, 0.6) is 0 Å². The molecule has 0 saturated heterocycles. The zero-order valence-corrected chi connectivity index (χ0v) is 47.5. The van der Waals surface area contributed by atoms with E-state index in [1.54, 1.807) is 20.8 Å². The highest BCUT2D eigenvalue weighted by molar-refractivity contribution is 6.83. The van der Waals surface area contributed by atoms with Crippen molar-refractivity contribution in [3.63, 3.8) is 0 Å². The van der Waals surface area contributed by atoms with E-state index in [2.05, 4.69) is 16.3 Å². The van der Waals surface area contributed by atoms with Gasteiger partial charge in [-0.15, -0.1) is 0 Å². The molecule has 0 aliphatic carbocycles. The highest BCUT2D eigenvalue weighted by atomic mass is 28.3. The van der Waals surface area contributed by atoms with E-state index < -0.39 is 89.7 Å². The molecule has 0 aromatic heterocycles. The highest BCUT2D eigenvalue weighted by Crippen LogP contribution is 2.52. The van der Waals surface area contributed by atoms with E-state index in [1.807, 2.05) is 81.1 Å². The molecule has 0 unspecified atom stereocenters. The lowest BCUT2D eigenvalue weighted by Crippen LogP contribution is -2.53. The summed E-state index contributed by atoms with van der Waals surface area (Å²) in [6.45, 7) is 33.4. The predicted octanol–water partition coefficient (Wildman–Crippen LogP) is 16.6. The second kappa shape index (κ2) is 33.2. The Morgan fingerprint density at radius 1 is 0.449 bits per heavy atom. The first-order chi connectivity index (χ1) is 34.7. The zero-order chi connectivity index (χ0) is 64.4. The van der Waals surface area contributed by atoms with Gasteiger partial charge >= 0.3 is 37.1 Å². The quantitative estimate of drug-likeness (QED) is 0.0797. The number of ketones is 1. The topological polar surface area (TPSA) is 175 Å². The number of halogens is 18. The van der Waals surface area contributed by atoms with Crippen LogP contribution in [0.15, 0.2) is 72.8 Å². The molecule has 0 fully saturated rings. The first kappa shape index (κ1) is 83.9. The summed E-state index contributed by atoms with van der Waals surface area (Å²) >= 11 is 0. The summed E-state index contributed by atoms with van der Waals surface area (Å²) < 4.78 is 226. The van der Waals surface area contributed by atoms with Crippen LogP contribution in [0.3, 0.4) is 0 Å². The minimum Gasteiger partial charge on any atom is -0.399 e. The first-order valence-corrected chi connectivity index (χ1v) is 26.7. The van der Waals surface area contributed by atoms with Gasteiger partial charge in [0.2, 0.25) is 0 Å². The van der Waals surface area contributed by atoms with Crippen molar-refractivity contribution in [2.75, 3.05) is 16.4 Å². The van der Waals surface area contributed by atoms with Gasteiger partial charge in [-0.1, -0.05) is 111 Å². The normalized spacial score (nSPS) is 12.1. The van der Waals surface area contributed by atoms with Crippen LogP contribution in [0, 0.1) is 22.3 Å². The number of carbonyl (C=O) groups is 1. The van der Waals surface area contributed by atoms with Crippen molar-refractivity contribution in [2.45, 2.75) is 188 Å². The second-order valence-electron chi connectivity index (χ2n) is 17.4. The van der Waals surface area contributed by atoms with Gasteiger partial charge in [-0.05, 0) is 84.9 Å². The molecule has 3 aromatic rings. The van der Waals surface area contributed by atoms with Gasteiger partial charge in [0.25, 0.3) is 16.8 Å². The summed E-state index contributed by atoms with van der Waals surface area (Å²) in [6, 6.07) is 10.7. The van der Waals surface area contributed by atoms with E-state index in [9.17, 15) is 94.0 Å². The molecule has 0 aliphatic rings. The molecule has 0 saturated carbocycles. The number of aliphatic hydroxyl groups is 3. The van der Waals surface area contributed by atoms with Crippen LogP contribution in [0.1, 0.15) is 121 Å². The number of nitrogens with two attached hydrogens (primary N) is 1. The Kier molecular flexibility index (Phi) is 35.7. The molecule has 3 rings (SSSR count). The Bertz CT molecular complexity index is 2150. The zero-order valence-electron chi connectivity index (χ0n) is 46.5. The molecular formula is C50H73F18N5O4Si. The van der Waals surface area contributed by atoms with Gasteiger partial charge in [0.15, 0.2) is 8.07 Å². The molecule has 452 valence electrons. The summed E-state index contributed by atoms with van der Waals surface area (Å²) in [7, 11) is -1.33. The number of alkyl halides is 18. The number of anilines is 3. The van der Waals surface area contributed by atoms with E-state index in [0.717, 1.165) is 36.4 Å². The van der Waals surface area contributed by atoms with Crippen molar-refractivity contribution < 1.29 is 99.1 Å². The van der Waals surface area contributed by atoms with Gasteiger partial charge in [-0.25, -0.2) is 5.26 Å². The van der Waals surface area contributed by atoms with Gasteiger partial charge < -0.3 is 36.5 Å². The molecule has 3 aromatic carbocycles. The molecule has 0 spiro atoms. The standard InChI is InChI=1S/C13H12F6N2O.C13H15F6NO.C9H7F6NO.C4H9NSi.C3H6O.4C2H6/c1-10(2,7-20)21-9-5-3-8(4-6-9)11(22,12(14,15)16)13(17,18)19;1-10(2,3)20-9-6-4-8(5-7-9)11(21,12(14,15)16)13(17,18)19;10-8(11,12)7(17,9(13,14)15)5-1-3-6(16)4-2-5;1-6(2,3)4-5;1-3(2)4;4*1-2/h3-6,21-22H,1-2H3;4-7,20-21H,1-3H3;1-4,17H,16H2;1-3H3;1-2H3;4*1-2H3. The van der Waals surface area contributed by atoms with Crippen molar-refractivity contribution >= 4 is 30.9 Å². The second-order valence-corrected chi connectivity index (χ2v) is 22.1. The van der Waals surface area contributed by atoms with Crippen LogP contribution in [0.2, 0.25) is 19.6 Å². The number of nitrogen functional groups attached to an aromatic ring is 1. The van der Waals surface area contributed by atoms with E-state index in [-0.39, 0.29) is 17.2 Å². The summed E-state index contributed by atoms with van der Waals surface area (Å²) in [5.74, 6) is 0.167. The number of nitrogens with one attached hydrogen (secondary N) is 2. The minimum absolute atomic E-state index is 0.0135. The molecule has 28 heteroatoms. The number of benzene rings is 3. The van der Waals surface area contributed by atoms with Crippen molar-refractivity contribution in [2.24, 2.45) is 0 Å². The molecule has 0 heterocycles. The first-order valence-electron chi connectivity index (χ1n) is 23.2. The average molecular weight is 1180 g/mol. The molecule has 0 aliphatic heterocycles. The lowest BCUT2D eigenvalue weighted by Gasteiger charge is -2.33. The van der Waals surface area contributed by atoms with Crippen molar-refractivity contribution in [1.82, 2.24) is 0 Å². The van der Waals surface area contributed by atoms with Crippen LogP contribution in [-0.4, -0.2) is 77.3 Å². The van der Waals surface area contributed by atoms with Gasteiger partial charge in [0, 0.05) is 45.0 Å². The van der Waals surface area contributed by atoms with Crippen LogP contribution in [0.4, 0.5) is 96.1 Å². The Labute approximate surface area is 445 Å². The summed E-state index contributed by atoms with van der Waals surface area (Å²) in [6.07, 6.45) is -35.3. The Morgan fingerprint density at radius 3 is 0.782 bits per heavy atom. The third-order valence-electron chi connectivity index (χ3n) is 7.99. The van der Waals surface area contributed by atoms with Crippen LogP contribution in [-0.2, 0) is 21.6 Å². The summed E-state index contributed by atoms with van der Waals surface area (Å²) in [4.78, 5) is 9.44. The largest absolute Gasteiger partial charge is 0.430 e. The monoisotopic (exact) mass is 1180 g/mol. The fraction of sp³-hybridized carbons (Fsp3) is 0.580. The van der Waals surface area contributed by atoms with Crippen molar-refractivity contribution in [3.8, 4) is 11.8 Å². The SMILES string of the molecule is CC.CC.CC.CC.CC(C)(C#N)Nc1ccc(C(O)(C(F)(F)F)C(F)(F)F)cc1.CC(C)(C)Nc1ccc(C(O)(C(F)(F)F)C(F)(F)F)cc1.CC(C)=O.C[Si](C)(C)C#N.Nc1ccc(C(O)(C(F)(F)F)C(F)(F)F)cc1. The van der Waals surface area contributed by atoms with Crippen molar-refractivity contribution in [1.29, 1.82) is 10.5 Å². The number of Topliss-reactive ketones (excluding diaryl/α,β-unsaturated/α-hetero) is 1. The Balaban J connectivity index is -0.000000216. The lowest BCUT2D eigenvalue weighted by molar-refractivity contribution is -0.376.